The van der Waals surface area contributed by atoms with Gasteiger partial charge in [-0.1, -0.05) is 12.8 Å². The Kier molecular flexibility index (Phi) is 3.85. The molecule has 3 nitrogen and oxygen atoms in total. The summed E-state index contributed by atoms with van der Waals surface area (Å²) < 4.78 is 0. The average molecular weight is 224 g/mol. The van der Waals surface area contributed by atoms with Crippen molar-refractivity contribution in [2.75, 3.05) is 13.6 Å². The van der Waals surface area contributed by atoms with E-state index < -0.39 is 0 Å². The molecule has 1 heterocycles. The summed E-state index contributed by atoms with van der Waals surface area (Å²) in [6.07, 6.45) is 7.04. The SMILES string of the molecule is CC1CC(C(=O)N(C)C2CCCC2)CCN1. The summed E-state index contributed by atoms with van der Waals surface area (Å²) in [7, 11) is 2.00. The molecule has 92 valence electrons. The van der Waals surface area contributed by atoms with Crippen LogP contribution in [0.25, 0.3) is 0 Å². The molecule has 1 aliphatic heterocycles. The Morgan fingerprint density at radius 3 is 2.56 bits per heavy atom. The molecular weight excluding hydrogens is 200 g/mol. The topological polar surface area (TPSA) is 32.3 Å². The number of amides is 1. The summed E-state index contributed by atoms with van der Waals surface area (Å²) in [4.78, 5) is 14.4. The lowest BCUT2D eigenvalue weighted by atomic mass is 9.91. The van der Waals surface area contributed by atoms with E-state index in [0.717, 1.165) is 19.4 Å². The Labute approximate surface area is 98.6 Å². The van der Waals surface area contributed by atoms with Gasteiger partial charge < -0.3 is 10.2 Å². The number of nitrogens with zero attached hydrogens (tertiary/aromatic N) is 1. The minimum absolute atomic E-state index is 0.266. The first-order valence-corrected chi connectivity index (χ1v) is 6.68. The fourth-order valence-electron chi connectivity index (χ4n) is 3.12. The van der Waals surface area contributed by atoms with E-state index in [0.29, 0.717) is 18.0 Å². The minimum Gasteiger partial charge on any atom is -0.343 e. The van der Waals surface area contributed by atoms with Gasteiger partial charge in [-0.3, -0.25) is 4.79 Å². The van der Waals surface area contributed by atoms with E-state index >= 15 is 0 Å². The molecule has 3 heteroatoms. The van der Waals surface area contributed by atoms with Crippen LogP contribution in [0.5, 0.6) is 0 Å². The van der Waals surface area contributed by atoms with Crippen molar-refractivity contribution in [1.29, 1.82) is 0 Å². The van der Waals surface area contributed by atoms with Crippen LogP contribution in [0.3, 0.4) is 0 Å². The number of nitrogens with one attached hydrogen (secondary N) is 1. The lowest BCUT2D eigenvalue weighted by molar-refractivity contribution is -0.137. The number of hydrogen-bond acceptors (Lipinski definition) is 2. The molecule has 2 aliphatic rings. The fourth-order valence-corrected chi connectivity index (χ4v) is 3.12. The van der Waals surface area contributed by atoms with Crippen LogP contribution in [-0.2, 0) is 4.79 Å². The second-order valence-corrected chi connectivity index (χ2v) is 5.46. The standard InChI is InChI=1S/C13H24N2O/c1-10-9-11(7-8-14-10)13(16)15(2)12-5-3-4-6-12/h10-12,14H,3-9H2,1-2H3. The molecule has 0 spiro atoms. The van der Waals surface area contributed by atoms with E-state index in [4.69, 9.17) is 0 Å². The van der Waals surface area contributed by atoms with Crippen molar-refractivity contribution in [3.8, 4) is 0 Å². The monoisotopic (exact) mass is 224 g/mol. The van der Waals surface area contributed by atoms with Gasteiger partial charge in [0.1, 0.15) is 0 Å². The molecule has 0 aromatic carbocycles. The quantitative estimate of drug-likeness (QED) is 0.775. The first-order valence-electron chi connectivity index (χ1n) is 6.68. The molecule has 16 heavy (non-hydrogen) atoms. The Bertz CT molecular complexity index is 244. The molecule has 0 bridgehead atoms. The van der Waals surface area contributed by atoms with Gasteiger partial charge in [0.05, 0.1) is 0 Å². The van der Waals surface area contributed by atoms with Gasteiger partial charge in [0.25, 0.3) is 0 Å². The highest BCUT2D eigenvalue weighted by Crippen LogP contribution is 2.26. The zero-order chi connectivity index (χ0) is 11.5. The maximum atomic E-state index is 12.3. The smallest absolute Gasteiger partial charge is 0.225 e. The largest absolute Gasteiger partial charge is 0.343 e. The van der Waals surface area contributed by atoms with E-state index in [1.165, 1.54) is 25.7 Å². The van der Waals surface area contributed by atoms with Gasteiger partial charge in [-0.25, -0.2) is 0 Å². The fraction of sp³-hybridized carbons (Fsp3) is 0.923. The second-order valence-electron chi connectivity index (χ2n) is 5.46. The Balaban J connectivity index is 1.89. The predicted molar refractivity (Wildman–Crippen MR) is 65.2 cm³/mol. The van der Waals surface area contributed by atoms with Crippen molar-refractivity contribution in [2.24, 2.45) is 5.92 Å². The number of carbonyl (C=O) groups is 1. The van der Waals surface area contributed by atoms with Gasteiger partial charge in [0, 0.05) is 25.0 Å². The van der Waals surface area contributed by atoms with Crippen LogP contribution in [-0.4, -0.2) is 36.5 Å². The molecule has 0 radical (unpaired) electrons. The molecule has 2 unspecified atom stereocenters. The molecule has 2 fully saturated rings. The molecule has 0 aromatic heterocycles. The van der Waals surface area contributed by atoms with E-state index in [2.05, 4.69) is 12.2 Å². The van der Waals surface area contributed by atoms with Crippen molar-refractivity contribution in [3.63, 3.8) is 0 Å². The van der Waals surface area contributed by atoms with Crippen molar-refractivity contribution < 1.29 is 4.79 Å². The van der Waals surface area contributed by atoms with Crippen LogP contribution >= 0.6 is 0 Å². The van der Waals surface area contributed by atoms with Crippen LogP contribution in [0.4, 0.5) is 0 Å². The lowest BCUT2D eigenvalue weighted by Gasteiger charge is -2.33. The van der Waals surface area contributed by atoms with Crippen molar-refractivity contribution >= 4 is 5.91 Å². The lowest BCUT2D eigenvalue weighted by Crippen LogP contribution is -2.45. The average Bonchev–Trinajstić information content (AvgIpc) is 2.80. The van der Waals surface area contributed by atoms with Crippen LogP contribution in [0.2, 0.25) is 0 Å². The zero-order valence-corrected chi connectivity index (χ0v) is 10.5. The summed E-state index contributed by atoms with van der Waals surface area (Å²) in [5, 5.41) is 3.40. The van der Waals surface area contributed by atoms with Gasteiger partial charge in [-0.15, -0.1) is 0 Å². The highest BCUT2D eigenvalue weighted by atomic mass is 16.2. The van der Waals surface area contributed by atoms with Crippen LogP contribution in [0.1, 0.15) is 45.4 Å². The first-order chi connectivity index (χ1) is 7.68. The van der Waals surface area contributed by atoms with Crippen LogP contribution < -0.4 is 5.32 Å². The molecule has 0 aromatic rings. The summed E-state index contributed by atoms with van der Waals surface area (Å²) in [6, 6.07) is 1.03. The summed E-state index contributed by atoms with van der Waals surface area (Å²) >= 11 is 0. The highest BCUT2D eigenvalue weighted by molar-refractivity contribution is 5.79. The molecule has 2 atom stereocenters. The third-order valence-corrected chi connectivity index (χ3v) is 4.19. The van der Waals surface area contributed by atoms with Crippen molar-refractivity contribution in [2.45, 2.75) is 57.5 Å². The van der Waals surface area contributed by atoms with Gasteiger partial charge in [-0.05, 0) is 39.2 Å². The van der Waals surface area contributed by atoms with E-state index in [9.17, 15) is 4.79 Å². The Morgan fingerprint density at radius 2 is 1.94 bits per heavy atom. The second kappa shape index (κ2) is 5.17. The summed E-state index contributed by atoms with van der Waals surface area (Å²) in [5.74, 6) is 0.655. The van der Waals surface area contributed by atoms with Crippen LogP contribution in [0.15, 0.2) is 0 Å². The Morgan fingerprint density at radius 1 is 1.25 bits per heavy atom. The number of piperidine rings is 1. The van der Waals surface area contributed by atoms with E-state index in [1.807, 2.05) is 11.9 Å². The molecule has 2 rings (SSSR count). The van der Waals surface area contributed by atoms with Gasteiger partial charge in [-0.2, -0.15) is 0 Å². The van der Waals surface area contributed by atoms with E-state index in [-0.39, 0.29) is 5.92 Å². The number of rotatable bonds is 2. The first kappa shape index (κ1) is 11.9. The number of hydrogen-bond donors (Lipinski definition) is 1. The van der Waals surface area contributed by atoms with E-state index in [1.54, 1.807) is 0 Å². The van der Waals surface area contributed by atoms with Gasteiger partial charge in [0.2, 0.25) is 5.91 Å². The van der Waals surface area contributed by atoms with Gasteiger partial charge in [0.15, 0.2) is 0 Å². The van der Waals surface area contributed by atoms with Crippen molar-refractivity contribution in [1.82, 2.24) is 10.2 Å². The maximum Gasteiger partial charge on any atom is 0.225 e. The number of carbonyl (C=O) groups excluding carboxylic acids is 1. The summed E-state index contributed by atoms with van der Waals surface area (Å²) in [5.41, 5.74) is 0. The summed E-state index contributed by atoms with van der Waals surface area (Å²) in [6.45, 7) is 3.17. The predicted octanol–water partition coefficient (Wildman–Crippen LogP) is 1.78. The third-order valence-electron chi connectivity index (χ3n) is 4.19. The molecule has 1 aliphatic carbocycles. The van der Waals surface area contributed by atoms with Crippen molar-refractivity contribution in [3.05, 3.63) is 0 Å². The zero-order valence-electron chi connectivity index (χ0n) is 10.5. The normalized spacial score (nSPS) is 31.6. The highest BCUT2D eigenvalue weighted by Gasteiger charge is 2.31. The molecular formula is C13H24N2O. The molecule has 1 saturated carbocycles. The molecule has 1 N–H and O–H groups in total. The third kappa shape index (κ3) is 2.57. The van der Waals surface area contributed by atoms with Gasteiger partial charge >= 0.3 is 0 Å². The molecule has 1 saturated heterocycles. The minimum atomic E-state index is 0.266. The molecule has 1 amide bonds. The van der Waals surface area contributed by atoms with Crippen LogP contribution in [0, 0.1) is 5.92 Å². The maximum absolute atomic E-state index is 12.3. The Hall–Kier alpha value is -0.570.